The van der Waals surface area contributed by atoms with E-state index in [2.05, 4.69) is 34.5 Å². The molecule has 0 atom stereocenters. The summed E-state index contributed by atoms with van der Waals surface area (Å²) >= 11 is 0. The van der Waals surface area contributed by atoms with E-state index in [1.54, 1.807) is 0 Å². The predicted octanol–water partition coefficient (Wildman–Crippen LogP) is 1.68. The van der Waals surface area contributed by atoms with Gasteiger partial charge in [0.15, 0.2) is 0 Å². The molecule has 2 aliphatic rings. The molecule has 2 fully saturated rings. The molecule has 0 saturated heterocycles. The van der Waals surface area contributed by atoms with Gasteiger partial charge in [-0.05, 0) is 31.2 Å². The van der Waals surface area contributed by atoms with E-state index >= 15 is 0 Å². The number of hydrogen-bond acceptors (Lipinski definition) is 3. The molecule has 0 radical (unpaired) electrons. The van der Waals surface area contributed by atoms with E-state index < -0.39 is 0 Å². The zero-order chi connectivity index (χ0) is 15.4. The molecule has 2 aliphatic carbocycles. The molecule has 0 unspecified atom stereocenters. The standard InChI is InChI=1S/C18H26N2O2/c21-12-11-20(16-7-8-16)13-17(22)19-14-18(9-4-10-18)15-5-2-1-3-6-15/h1-3,5-6,16,21H,4,7-14H2,(H,19,22). The van der Waals surface area contributed by atoms with Crippen LogP contribution >= 0.6 is 0 Å². The van der Waals surface area contributed by atoms with E-state index in [9.17, 15) is 4.79 Å². The van der Waals surface area contributed by atoms with Crippen LogP contribution in [0.25, 0.3) is 0 Å². The van der Waals surface area contributed by atoms with Crippen LogP contribution in [0.2, 0.25) is 0 Å². The number of nitrogens with one attached hydrogen (secondary N) is 1. The number of aliphatic hydroxyl groups excluding tert-OH is 1. The summed E-state index contributed by atoms with van der Waals surface area (Å²) in [7, 11) is 0. The molecule has 1 aromatic rings. The highest BCUT2D eigenvalue weighted by atomic mass is 16.3. The van der Waals surface area contributed by atoms with Crippen LogP contribution in [0.15, 0.2) is 30.3 Å². The molecule has 1 amide bonds. The zero-order valence-corrected chi connectivity index (χ0v) is 13.1. The topological polar surface area (TPSA) is 52.6 Å². The summed E-state index contributed by atoms with van der Waals surface area (Å²) in [6.45, 7) is 1.86. The summed E-state index contributed by atoms with van der Waals surface area (Å²) in [5, 5.41) is 12.2. The maximum Gasteiger partial charge on any atom is 0.234 e. The van der Waals surface area contributed by atoms with Crippen LogP contribution in [-0.2, 0) is 10.2 Å². The Morgan fingerprint density at radius 2 is 2.00 bits per heavy atom. The Balaban J connectivity index is 1.53. The monoisotopic (exact) mass is 302 g/mol. The van der Waals surface area contributed by atoms with Gasteiger partial charge in [0.1, 0.15) is 0 Å². The van der Waals surface area contributed by atoms with Gasteiger partial charge < -0.3 is 10.4 Å². The van der Waals surface area contributed by atoms with Crippen molar-refractivity contribution >= 4 is 5.91 Å². The van der Waals surface area contributed by atoms with Gasteiger partial charge >= 0.3 is 0 Å². The molecule has 0 bridgehead atoms. The Labute approximate surface area is 132 Å². The van der Waals surface area contributed by atoms with Gasteiger partial charge in [0.05, 0.1) is 13.2 Å². The fourth-order valence-corrected chi connectivity index (χ4v) is 3.43. The Morgan fingerprint density at radius 1 is 1.27 bits per heavy atom. The first-order valence-corrected chi connectivity index (χ1v) is 8.41. The van der Waals surface area contributed by atoms with Crippen LogP contribution in [0.4, 0.5) is 0 Å². The van der Waals surface area contributed by atoms with Gasteiger partial charge in [-0.3, -0.25) is 9.69 Å². The summed E-state index contributed by atoms with van der Waals surface area (Å²) in [4.78, 5) is 14.3. The number of carbonyl (C=O) groups excluding carboxylic acids is 1. The molecular formula is C18H26N2O2. The lowest BCUT2D eigenvalue weighted by Gasteiger charge is -2.42. The van der Waals surface area contributed by atoms with Crippen molar-refractivity contribution in [2.24, 2.45) is 0 Å². The van der Waals surface area contributed by atoms with Crippen molar-refractivity contribution < 1.29 is 9.90 Å². The minimum Gasteiger partial charge on any atom is -0.395 e. The lowest BCUT2D eigenvalue weighted by molar-refractivity contribution is -0.123. The predicted molar refractivity (Wildman–Crippen MR) is 86.7 cm³/mol. The summed E-state index contributed by atoms with van der Waals surface area (Å²) in [5.74, 6) is 0.0857. The van der Waals surface area contributed by atoms with Crippen molar-refractivity contribution in [3.8, 4) is 0 Å². The van der Waals surface area contributed by atoms with Crippen LogP contribution in [0.3, 0.4) is 0 Å². The van der Waals surface area contributed by atoms with Crippen molar-refractivity contribution in [1.29, 1.82) is 0 Å². The van der Waals surface area contributed by atoms with Crippen molar-refractivity contribution in [2.45, 2.75) is 43.6 Å². The number of nitrogens with zero attached hydrogens (tertiary/aromatic N) is 1. The average Bonchev–Trinajstić information content (AvgIpc) is 3.31. The Kier molecular flexibility index (Phi) is 4.79. The normalized spacial score (nSPS) is 19.7. The quantitative estimate of drug-likeness (QED) is 0.768. The van der Waals surface area contributed by atoms with Gasteiger partial charge in [-0.25, -0.2) is 0 Å². The molecule has 2 N–H and O–H groups in total. The maximum atomic E-state index is 12.2. The number of hydrogen-bond donors (Lipinski definition) is 2. The van der Waals surface area contributed by atoms with Crippen molar-refractivity contribution in [3.05, 3.63) is 35.9 Å². The van der Waals surface area contributed by atoms with Crippen LogP contribution < -0.4 is 5.32 Å². The van der Waals surface area contributed by atoms with Gasteiger partial charge in [0.25, 0.3) is 0 Å². The second-order valence-corrected chi connectivity index (χ2v) is 6.70. The molecule has 0 heterocycles. The van der Waals surface area contributed by atoms with Crippen LogP contribution in [0.5, 0.6) is 0 Å². The third-order valence-electron chi connectivity index (χ3n) is 5.12. The van der Waals surface area contributed by atoms with E-state index in [1.807, 2.05) is 6.07 Å². The molecule has 0 aliphatic heterocycles. The average molecular weight is 302 g/mol. The van der Waals surface area contributed by atoms with Crippen molar-refractivity contribution in [3.63, 3.8) is 0 Å². The maximum absolute atomic E-state index is 12.2. The lowest BCUT2D eigenvalue weighted by Crippen LogP contribution is -2.48. The summed E-state index contributed by atoms with van der Waals surface area (Å²) in [5.41, 5.74) is 1.48. The molecule has 2 saturated carbocycles. The number of amides is 1. The molecule has 0 spiro atoms. The first kappa shape index (κ1) is 15.5. The van der Waals surface area contributed by atoms with E-state index in [0.29, 0.717) is 19.1 Å². The van der Waals surface area contributed by atoms with Crippen molar-refractivity contribution in [1.82, 2.24) is 10.2 Å². The van der Waals surface area contributed by atoms with Crippen molar-refractivity contribution in [2.75, 3.05) is 26.2 Å². The third kappa shape index (κ3) is 3.50. The zero-order valence-electron chi connectivity index (χ0n) is 13.1. The SMILES string of the molecule is O=C(CN(CCO)C1CC1)NCC1(c2ccccc2)CCC1. The van der Waals surface area contributed by atoms with E-state index in [-0.39, 0.29) is 17.9 Å². The minimum absolute atomic E-state index is 0.0857. The fourth-order valence-electron chi connectivity index (χ4n) is 3.43. The van der Waals surface area contributed by atoms with Gasteiger partial charge in [-0.2, -0.15) is 0 Å². The third-order valence-corrected chi connectivity index (χ3v) is 5.12. The van der Waals surface area contributed by atoms with Gasteiger partial charge in [-0.15, -0.1) is 0 Å². The fraction of sp³-hybridized carbons (Fsp3) is 0.611. The smallest absolute Gasteiger partial charge is 0.234 e. The summed E-state index contributed by atoms with van der Waals surface area (Å²) in [6, 6.07) is 11.0. The first-order chi connectivity index (χ1) is 10.7. The van der Waals surface area contributed by atoms with Gasteiger partial charge in [0.2, 0.25) is 5.91 Å². The highest BCUT2D eigenvalue weighted by Gasteiger charge is 2.39. The van der Waals surface area contributed by atoms with Gasteiger partial charge in [-0.1, -0.05) is 36.8 Å². The number of aliphatic hydroxyl groups is 1. The highest BCUT2D eigenvalue weighted by molar-refractivity contribution is 5.78. The molecule has 120 valence electrons. The Morgan fingerprint density at radius 3 is 2.55 bits per heavy atom. The molecule has 4 heteroatoms. The summed E-state index contributed by atoms with van der Waals surface area (Å²) < 4.78 is 0. The first-order valence-electron chi connectivity index (χ1n) is 8.41. The van der Waals surface area contributed by atoms with Crippen LogP contribution in [0.1, 0.15) is 37.7 Å². The van der Waals surface area contributed by atoms with E-state index in [1.165, 1.54) is 12.0 Å². The lowest BCUT2D eigenvalue weighted by atomic mass is 9.64. The summed E-state index contributed by atoms with van der Waals surface area (Å²) in [6.07, 6.45) is 5.85. The Bertz CT molecular complexity index is 495. The second-order valence-electron chi connectivity index (χ2n) is 6.70. The number of carbonyl (C=O) groups is 1. The van der Waals surface area contributed by atoms with E-state index in [0.717, 1.165) is 32.2 Å². The highest BCUT2D eigenvalue weighted by Crippen LogP contribution is 2.43. The number of benzene rings is 1. The van der Waals surface area contributed by atoms with Crippen LogP contribution in [-0.4, -0.2) is 48.2 Å². The molecule has 4 nitrogen and oxygen atoms in total. The second kappa shape index (κ2) is 6.80. The van der Waals surface area contributed by atoms with Gasteiger partial charge in [0, 0.05) is 24.5 Å². The molecule has 1 aromatic carbocycles. The minimum atomic E-state index is 0.0857. The number of rotatable bonds is 8. The largest absolute Gasteiger partial charge is 0.395 e. The van der Waals surface area contributed by atoms with Crippen LogP contribution in [0, 0.1) is 0 Å². The molecule has 3 rings (SSSR count). The van der Waals surface area contributed by atoms with E-state index in [4.69, 9.17) is 5.11 Å². The Hall–Kier alpha value is -1.39. The molecule has 22 heavy (non-hydrogen) atoms. The molecule has 0 aromatic heterocycles. The molecular weight excluding hydrogens is 276 g/mol.